The molecule has 1 rings (SSSR count). The Kier molecular flexibility index (Phi) is 3.48. The summed E-state index contributed by atoms with van der Waals surface area (Å²) in [7, 11) is 0. The zero-order valence-electron chi connectivity index (χ0n) is 7.09. The number of nitrogen functional groups attached to an aromatic ring is 1. The quantitative estimate of drug-likeness (QED) is 0.457. The minimum Gasteiger partial charge on any atom is -0.489 e. The van der Waals surface area contributed by atoms with Gasteiger partial charge in [-0.3, -0.25) is 0 Å². The van der Waals surface area contributed by atoms with E-state index in [2.05, 4.69) is 5.92 Å². The molecule has 0 aliphatic heterocycles. The van der Waals surface area contributed by atoms with Gasteiger partial charge < -0.3 is 10.5 Å². The summed E-state index contributed by atoms with van der Waals surface area (Å²) in [6, 6.07) is 5.23. The van der Waals surface area contributed by atoms with Crippen molar-refractivity contribution in [2.45, 2.75) is 6.42 Å². The Labute approximate surface area is 82.6 Å². The second-order valence-electron chi connectivity index (χ2n) is 2.46. The van der Waals surface area contributed by atoms with Gasteiger partial charge in [-0.1, -0.05) is 17.7 Å². The van der Waals surface area contributed by atoms with Crippen molar-refractivity contribution in [2.24, 2.45) is 0 Å². The second-order valence-corrected chi connectivity index (χ2v) is 2.87. The molecule has 0 aromatic heterocycles. The molecule has 13 heavy (non-hydrogen) atoms. The molecule has 0 amide bonds. The number of hydrogen-bond donors (Lipinski definition) is 1. The highest BCUT2D eigenvalue weighted by atomic mass is 35.5. The van der Waals surface area contributed by atoms with Gasteiger partial charge in [-0.25, -0.2) is 0 Å². The van der Waals surface area contributed by atoms with Crippen molar-refractivity contribution in [1.82, 2.24) is 0 Å². The van der Waals surface area contributed by atoms with E-state index in [1.54, 1.807) is 18.2 Å². The van der Waals surface area contributed by atoms with E-state index in [9.17, 15) is 0 Å². The topological polar surface area (TPSA) is 35.2 Å². The first-order chi connectivity index (χ1) is 6.25. The largest absolute Gasteiger partial charge is 0.489 e. The second kappa shape index (κ2) is 4.64. The number of rotatable bonds is 3. The van der Waals surface area contributed by atoms with Crippen LogP contribution in [0.5, 0.6) is 5.75 Å². The summed E-state index contributed by atoms with van der Waals surface area (Å²) in [6.07, 6.45) is 5.62. The van der Waals surface area contributed by atoms with Crippen molar-refractivity contribution >= 4 is 17.3 Å². The number of anilines is 1. The molecular weight excluding hydrogens is 186 g/mol. The van der Waals surface area contributed by atoms with Gasteiger partial charge in [0.1, 0.15) is 0 Å². The van der Waals surface area contributed by atoms with E-state index in [0.29, 0.717) is 29.5 Å². The van der Waals surface area contributed by atoms with Crippen LogP contribution >= 0.6 is 11.6 Å². The van der Waals surface area contributed by atoms with Crippen LogP contribution in [0.4, 0.5) is 5.69 Å². The van der Waals surface area contributed by atoms with Crippen LogP contribution in [-0.4, -0.2) is 6.61 Å². The monoisotopic (exact) mass is 195 g/mol. The molecule has 1 aromatic carbocycles. The van der Waals surface area contributed by atoms with Crippen LogP contribution in [-0.2, 0) is 0 Å². The summed E-state index contributed by atoms with van der Waals surface area (Å²) in [5.74, 6) is 2.98. The molecule has 0 aliphatic rings. The molecule has 0 unspecified atom stereocenters. The summed E-state index contributed by atoms with van der Waals surface area (Å²) >= 11 is 5.85. The zero-order chi connectivity index (χ0) is 9.68. The van der Waals surface area contributed by atoms with Gasteiger partial charge in [0.2, 0.25) is 0 Å². The van der Waals surface area contributed by atoms with Crippen molar-refractivity contribution < 1.29 is 4.74 Å². The predicted octanol–water partition coefficient (Wildman–Crippen LogP) is 2.32. The van der Waals surface area contributed by atoms with Gasteiger partial charge >= 0.3 is 0 Å². The van der Waals surface area contributed by atoms with Crippen LogP contribution in [0.1, 0.15) is 6.42 Å². The maximum absolute atomic E-state index is 5.85. The molecule has 0 aliphatic carbocycles. The molecule has 0 radical (unpaired) electrons. The number of hydrogen-bond acceptors (Lipinski definition) is 2. The number of terminal acetylenes is 1. The lowest BCUT2D eigenvalue weighted by molar-refractivity contribution is 0.329. The normalized spacial score (nSPS) is 9.23. The highest BCUT2D eigenvalue weighted by Gasteiger charge is 2.04. The fourth-order valence-corrected chi connectivity index (χ4v) is 1.13. The Bertz CT molecular complexity index is 310. The standard InChI is InChI=1S/C10H10ClNO/c1-2-3-7-13-10-8(11)5-4-6-9(10)12/h1,4-6H,3,7,12H2. The van der Waals surface area contributed by atoms with E-state index in [1.807, 2.05) is 0 Å². The van der Waals surface area contributed by atoms with Gasteiger partial charge in [-0.05, 0) is 12.1 Å². The first kappa shape index (κ1) is 9.76. The van der Waals surface area contributed by atoms with E-state index in [-0.39, 0.29) is 0 Å². The van der Waals surface area contributed by atoms with Crippen LogP contribution in [0.15, 0.2) is 18.2 Å². The van der Waals surface area contributed by atoms with Gasteiger partial charge in [-0.2, -0.15) is 0 Å². The van der Waals surface area contributed by atoms with E-state index < -0.39 is 0 Å². The van der Waals surface area contributed by atoms with Crippen molar-refractivity contribution in [3.8, 4) is 18.1 Å². The zero-order valence-corrected chi connectivity index (χ0v) is 7.84. The fourth-order valence-electron chi connectivity index (χ4n) is 0.890. The molecular formula is C10H10ClNO. The Morgan fingerprint density at radius 1 is 1.54 bits per heavy atom. The Hall–Kier alpha value is -1.33. The molecule has 0 bridgehead atoms. The molecule has 0 heterocycles. The molecule has 0 spiro atoms. The molecule has 0 saturated carbocycles. The highest BCUT2D eigenvalue weighted by molar-refractivity contribution is 6.32. The molecule has 1 aromatic rings. The van der Waals surface area contributed by atoms with Crippen molar-refractivity contribution in [1.29, 1.82) is 0 Å². The first-order valence-corrected chi connectivity index (χ1v) is 4.23. The van der Waals surface area contributed by atoms with Gasteiger partial charge in [0.05, 0.1) is 17.3 Å². The number of halogens is 1. The van der Waals surface area contributed by atoms with Gasteiger partial charge in [0.25, 0.3) is 0 Å². The van der Waals surface area contributed by atoms with Crippen molar-refractivity contribution in [2.75, 3.05) is 12.3 Å². The van der Waals surface area contributed by atoms with Crippen LogP contribution in [0.3, 0.4) is 0 Å². The summed E-state index contributed by atoms with van der Waals surface area (Å²) in [5, 5.41) is 0.511. The first-order valence-electron chi connectivity index (χ1n) is 3.86. The van der Waals surface area contributed by atoms with Crippen LogP contribution in [0.2, 0.25) is 5.02 Å². The molecule has 68 valence electrons. The van der Waals surface area contributed by atoms with E-state index >= 15 is 0 Å². The third-order valence-electron chi connectivity index (χ3n) is 1.49. The summed E-state index contributed by atoms with van der Waals surface area (Å²) < 4.78 is 5.31. The minimum atomic E-state index is 0.435. The van der Waals surface area contributed by atoms with E-state index in [4.69, 9.17) is 28.5 Å². The van der Waals surface area contributed by atoms with Gasteiger partial charge in [0.15, 0.2) is 5.75 Å². The lowest BCUT2D eigenvalue weighted by atomic mass is 10.3. The van der Waals surface area contributed by atoms with Gasteiger partial charge in [-0.15, -0.1) is 12.3 Å². The van der Waals surface area contributed by atoms with Crippen LogP contribution in [0, 0.1) is 12.3 Å². The third-order valence-corrected chi connectivity index (χ3v) is 1.79. The summed E-state index contributed by atoms with van der Waals surface area (Å²) in [5.41, 5.74) is 6.17. The lowest BCUT2D eigenvalue weighted by Gasteiger charge is -2.08. The molecule has 0 saturated heterocycles. The smallest absolute Gasteiger partial charge is 0.160 e. The van der Waals surface area contributed by atoms with Gasteiger partial charge in [0, 0.05) is 6.42 Å². The Morgan fingerprint density at radius 3 is 2.92 bits per heavy atom. The maximum Gasteiger partial charge on any atom is 0.160 e. The lowest BCUT2D eigenvalue weighted by Crippen LogP contribution is -1.99. The number of nitrogens with two attached hydrogens (primary N) is 1. The molecule has 2 N–H and O–H groups in total. The Morgan fingerprint density at radius 2 is 2.31 bits per heavy atom. The van der Waals surface area contributed by atoms with Crippen molar-refractivity contribution in [3.63, 3.8) is 0 Å². The predicted molar refractivity (Wildman–Crippen MR) is 54.8 cm³/mol. The van der Waals surface area contributed by atoms with E-state index in [0.717, 1.165) is 0 Å². The number of ether oxygens (including phenoxy) is 1. The molecule has 2 nitrogen and oxygen atoms in total. The minimum absolute atomic E-state index is 0.435. The molecule has 0 fully saturated rings. The summed E-state index contributed by atoms with van der Waals surface area (Å²) in [6.45, 7) is 0.435. The number of para-hydroxylation sites is 1. The maximum atomic E-state index is 5.85. The fraction of sp³-hybridized carbons (Fsp3) is 0.200. The van der Waals surface area contributed by atoms with E-state index in [1.165, 1.54) is 0 Å². The van der Waals surface area contributed by atoms with Crippen LogP contribution in [0.25, 0.3) is 0 Å². The third kappa shape index (κ3) is 2.57. The highest BCUT2D eigenvalue weighted by Crippen LogP contribution is 2.30. The summed E-state index contributed by atoms with van der Waals surface area (Å²) in [4.78, 5) is 0. The average molecular weight is 196 g/mol. The SMILES string of the molecule is C#CCCOc1c(N)cccc1Cl. The Balaban J connectivity index is 2.71. The van der Waals surface area contributed by atoms with Crippen LogP contribution < -0.4 is 10.5 Å². The van der Waals surface area contributed by atoms with Crippen molar-refractivity contribution in [3.05, 3.63) is 23.2 Å². The molecule has 3 heteroatoms. The average Bonchev–Trinajstić information content (AvgIpc) is 2.10. The number of benzene rings is 1. The molecule has 0 atom stereocenters.